The molecule has 2 rings (SSSR count). The lowest BCUT2D eigenvalue weighted by atomic mass is 9.84. The Hall–Kier alpha value is -0.890. The summed E-state index contributed by atoms with van der Waals surface area (Å²) in [5, 5.41) is 0. The monoisotopic (exact) mass is 232 g/mol. The molecule has 1 fully saturated rings. The zero-order valence-corrected chi connectivity index (χ0v) is 10.9. The second kappa shape index (κ2) is 5.63. The molecule has 1 aliphatic carbocycles. The molecule has 0 bridgehead atoms. The fourth-order valence-corrected chi connectivity index (χ4v) is 3.08. The van der Waals surface area contributed by atoms with Crippen molar-refractivity contribution in [1.82, 2.24) is 4.98 Å². The van der Waals surface area contributed by atoms with Crippen molar-refractivity contribution in [3.8, 4) is 0 Å². The quantitative estimate of drug-likeness (QED) is 0.808. The van der Waals surface area contributed by atoms with E-state index in [0.29, 0.717) is 0 Å². The lowest BCUT2D eigenvalue weighted by Gasteiger charge is -2.28. The van der Waals surface area contributed by atoms with Crippen LogP contribution in [-0.2, 0) is 5.54 Å². The minimum Gasteiger partial charge on any atom is -0.321 e. The van der Waals surface area contributed by atoms with Gasteiger partial charge in [0.1, 0.15) is 0 Å². The molecule has 94 valence electrons. The molecular formula is C15H24N2. The lowest BCUT2D eigenvalue weighted by molar-refractivity contribution is 0.366. The van der Waals surface area contributed by atoms with Gasteiger partial charge in [0.25, 0.3) is 0 Å². The zero-order valence-electron chi connectivity index (χ0n) is 10.9. The Morgan fingerprint density at radius 3 is 3.00 bits per heavy atom. The highest BCUT2D eigenvalue weighted by Crippen LogP contribution is 2.36. The number of nitrogens with zero attached hydrogens (tertiary/aromatic N) is 1. The zero-order chi connectivity index (χ0) is 12.1. The van der Waals surface area contributed by atoms with Crippen molar-refractivity contribution in [2.24, 2.45) is 11.7 Å². The molecule has 1 saturated carbocycles. The Morgan fingerprint density at radius 1 is 1.41 bits per heavy atom. The number of hydrogen-bond acceptors (Lipinski definition) is 2. The van der Waals surface area contributed by atoms with Gasteiger partial charge in [-0.3, -0.25) is 4.98 Å². The Morgan fingerprint density at radius 2 is 2.29 bits per heavy atom. The summed E-state index contributed by atoms with van der Waals surface area (Å²) in [6.07, 6.45) is 12.5. The topological polar surface area (TPSA) is 38.9 Å². The molecule has 2 unspecified atom stereocenters. The standard InChI is InChI=1S/C15H24N2/c1-2-5-13-6-3-9-15(16,10-8-13)14-7-4-11-17-12-14/h4,7,11-13H,2-3,5-6,8-10,16H2,1H3. The summed E-state index contributed by atoms with van der Waals surface area (Å²) in [7, 11) is 0. The van der Waals surface area contributed by atoms with Gasteiger partial charge in [0, 0.05) is 17.9 Å². The van der Waals surface area contributed by atoms with Crippen LogP contribution in [0.3, 0.4) is 0 Å². The van der Waals surface area contributed by atoms with Crippen molar-refractivity contribution in [3.63, 3.8) is 0 Å². The lowest BCUT2D eigenvalue weighted by Crippen LogP contribution is -2.36. The van der Waals surface area contributed by atoms with E-state index in [-0.39, 0.29) is 5.54 Å². The first kappa shape index (κ1) is 12.6. The molecule has 2 nitrogen and oxygen atoms in total. The molecule has 0 spiro atoms. The minimum absolute atomic E-state index is 0.128. The van der Waals surface area contributed by atoms with E-state index >= 15 is 0 Å². The van der Waals surface area contributed by atoms with Crippen LogP contribution in [0.5, 0.6) is 0 Å². The molecule has 0 radical (unpaired) electrons. The average Bonchev–Trinajstić information content (AvgIpc) is 2.55. The summed E-state index contributed by atoms with van der Waals surface area (Å²) < 4.78 is 0. The summed E-state index contributed by atoms with van der Waals surface area (Å²) in [6, 6.07) is 4.13. The summed E-state index contributed by atoms with van der Waals surface area (Å²) in [5.74, 6) is 0.891. The van der Waals surface area contributed by atoms with Crippen LogP contribution in [0.2, 0.25) is 0 Å². The predicted molar refractivity (Wildman–Crippen MR) is 71.6 cm³/mol. The summed E-state index contributed by atoms with van der Waals surface area (Å²) >= 11 is 0. The molecule has 2 heteroatoms. The van der Waals surface area contributed by atoms with Crippen molar-refractivity contribution in [2.45, 2.75) is 57.4 Å². The van der Waals surface area contributed by atoms with Gasteiger partial charge in [0.05, 0.1) is 0 Å². The smallest absolute Gasteiger partial charge is 0.0425 e. The van der Waals surface area contributed by atoms with Gasteiger partial charge in [-0.25, -0.2) is 0 Å². The summed E-state index contributed by atoms with van der Waals surface area (Å²) in [4.78, 5) is 4.21. The van der Waals surface area contributed by atoms with Crippen molar-refractivity contribution >= 4 is 0 Å². The van der Waals surface area contributed by atoms with E-state index in [9.17, 15) is 0 Å². The van der Waals surface area contributed by atoms with Gasteiger partial charge in [0.15, 0.2) is 0 Å². The van der Waals surface area contributed by atoms with Gasteiger partial charge in [-0.2, -0.15) is 0 Å². The van der Waals surface area contributed by atoms with Gasteiger partial charge in [-0.15, -0.1) is 0 Å². The van der Waals surface area contributed by atoms with Gasteiger partial charge < -0.3 is 5.73 Å². The fraction of sp³-hybridized carbons (Fsp3) is 0.667. The average molecular weight is 232 g/mol. The van der Waals surface area contributed by atoms with Gasteiger partial charge in [-0.05, 0) is 36.8 Å². The fourth-order valence-electron chi connectivity index (χ4n) is 3.08. The van der Waals surface area contributed by atoms with E-state index < -0.39 is 0 Å². The van der Waals surface area contributed by atoms with Crippen molar-refractivity contribution < 1.29 is 0 Å². The Balaban J connectivity index is 2.06. The van der Waals surface area contributed by atoms with Crippen LogP contribution in [0.25, 0.3) is 0 Å². The van der Waals surface area contributed by atoms with Crippen LogP contribution >= 0.6 is 0 Å². The number of hydrogen-bond donors (Lipinski definition) is 1. The molecule has 17 heavy (non-hydrogen) atoms. The third kappa shape index (κ3) is 3.06. The van der Waals surface area contributed by atoms with Crippen LogP contribution in [-0.4, -0.2) is 4.98 Å². The van der Waals surface area contributed by atoms with Crippen LogP contribution in [0, 0.1) is 5.92 Å². The summed E-state index contributed by atoms with van der Waals surface area (Å²) in [5.41, 5.74) is 7.69. The molecule has 0 aromatic carbocycles. The molecule has 1 heterocycles. The Labute approximate surface area is 105 Å². The van der Waals surface area contributed by atoms with E-state index in [1.54, 1.807) is 0 Å². The SMILES string of the molecule is CCCC1CCCC(N)(c2cccnc2)CC1. The van der Waals surface area contributed by atoms with Crippen LogP contribution < -0.4 is 5.73 Å². The Bertz CT molecular complexity index is 336. The maximum Gasteiger partial charge on any atom is 0.0425 e. The number of pyridine rings is 1. The van der Waals surface area contributed by atoms with E-state index in [4.69, 9.17) is 5.73 Å². The van der Waals surface area contributed by atoms with Crippen molar-refractivity contribution in [3.05, 3.63) is 30.1 Å². The second-order valence-electron chi connectivity index (χ2n) is 5.48. The third-order valence-corrected chi connectivity index (χ3v) is 4.17. The van der Waals surface area contributed by atoms with E-state index in [0.717, 1.165) is 18.8 Å². The molecule has 1 aromatic heterocycles. The molecule has 0 saturated heterocycles. The maximum absolute atomic E-state index is 6.60. The van der Waals surface area contributed by atoms with E-state index in [2.05, 4.69) is 18.0 Å². The van der Waals surface area contributed by atoms with Crippen molar-refractivity contribution in [1.29, 1.82) is 0 Å². The molecule has 1 aromatic rings. The first-order valence-electron chi connectivity index (χ1n) is 6.94. The molecule has 2 N–H and O–H groups in total. The van der Waals surface area contributed by atoms with Crippen LogP contribution in [0.4, 0.5) is 0 Å². The third-order valence-electron chi connectivity index (χ3n) is 4.17. The number of rotatable bonds is 3. The Kier molecular flexibility index (Phi) is 4.16. The normalized spacial score (nSPS) is 29.9. The van der Waals surface area contributed by atoms with E-state index in [1.165, 1.54) is 37.7 Å². The largest absolute Gasteiger partial charge is 0.321 e. The van der Waals surface area contributed by atoms with Gasteiger partial charge in [0.2, 0.25) is 0 Å². The molecule has 0 aliphatic heterocycles. The minimum atomic E-state index is -0.128. The van der Waals surface area contributed by atoms with Crippen molar-refractivity contribution in [2.75, 3.05) is 0 Å². The van der Waals surface area contributed by atoms with E-state index in [1.807, 2.05) is 18.5 Å². The predicted octanol–water partition coefficient (Wildman–Crippen LogP) is 3.62. The highest BCUT2D eigenvalue weighted by molar-refractivity contribution is 5.20. The van der Waals surface area contributed by atoms with Gasteiger partial charge in [-0.1, -0.05) is 38.7 Å². The highest BCUT2D eigenvalue weighted by Gasteiger charge is 2.30. The first-order valence-corrected chi connectivity index (χ1v) is 6.94. The number of nitrogens with two attached hydrogens (primary N) is 1. The first-order chi connectivity index (χ1) is 8.24. The maximum atomic E-state index is 6.60. The van der Waals surface area contributed by atoms with Gasteiger partial charge >= 0.3 is 0 Å². The molecular weight excluding hydrogens is 208 g/mol. The summed E-state index contributed by atoms with van der Waals surface area (Å²) in [6.45, 7) is 2.28. The second-order valence-corrected chi connectivity index (χ2v) is 5.48. The molecule has 1 aliphatic rings. The number of aromatic nitrogens is 1. The molecule has 0 amide bonds. The van der Waals surface area contributed by atoms with Crippen LogP contribution in [0.1, 0.15) is 57.4 Å². The molecule has 2 atom stereocenters. The highest BCUT2D eigenvalue weighted by atomic mass is 14.8. The van der Waals surface area contributed by atoms with Crippen LogP contribution in [0.15, 0.2) is 24.5 Å².